The Balaban J connectivity index is 1.46. The van der Waals surface area contributed by atoms with Crippen LogP contribution < -0.4 is 5.32 Å². The number of aliphatic carboxylic acids is 1. The number of fused-ring (bicyclic) bond motifs is 3. The largest absolute Gasteiger partial charge is 0.481 e. The Morgan fingerprint density at radius 2 is 2.08 bits per heavy atom. The number of benzene rings is 1. The van der Waals surface area contributed by atoms with Crippen molar-refractivity contribution in [3.63, 3.8) is 0 Å². The summed E-state index contributed by atoms with van der Waals surface area (Å²) in [6.45, 7) is 2.32. The molecular formula is C19H21N3O3. The van der Waals surface area contributed by atoms with Gasteiger partial charge in [-0.05, 0) is 24.3 Å². The van der Waals surface area contributed by atoms with E-state index in [-0.39, 0.29) is 29.7 Å². The molecule has 1 aromatic heterocycles. The van der Waals surface area contributed by atoms with Crippen molar-refractivity contribution in [1.82, 2.24) is 15.1 Å². The molecule has 2 N–H and O–H groups in total. The molecule has 2 aliphatic rings. The molecule has 2 aliphatic carbocycles. The van der Waals surface area contributed by atoms with Crippen LogP contribution in [0.15, 0.2) is 42.6 Å². The van der Waals surface area contributed by atoms with Crippen LogP contribution in [0, 0.1) is 23.7 Å². The summed E-state index contributed by atoms with van der Waals surface area (Å²) >= 11 is 0. The molecule has 1 unspecified atom stereocenters. The number of aromatic nitrogens is 2. The van der Waals surface area contributed by atoms with Crippen molar-refractivity contribution in [3.8, 4) is 0 Å². The van der Waals surface area contributed by atoms with Gasteiger partial charge in [0.2, 0.25) is 5.91 Å². The lowest BCUT2D eigenvalue weighted by atomic mass is 9.88. The zero-order valence-electron chi connectivity index (χ0n) is 14.0. The van der Waals surface area contributed by atoms with E-state index in [4.69, 9.17) is 0 Å². The number of carboxylic acid groups (broad SMARTS) is 1. The minimum atomic E-state index is -0.826. The molecule has 1 fully saturated rings. The molecule has 1 saturated carbocycles. The van der Waals surface area contributed by atoms with Gasteiger partial charge in [0, 0.05) is 11.4 Å². The zero-order valence-corrected chi connectivity index (χ0v) is 14.0. The lowest BCUT2D eigenvalue weighted by Crippen LogP contribution is -2.47. The molecule has 0 aliphatic heterocycles. The molecule has 2 aromatic rings. The first kappa shape index (κ1) is 15.9. The quantitative estimate of drug-likeness (QED) is 0.817. The summed E-state index contributed by atoms with van der Waals surface area (Å²) in [5.74, 6) is -1.58. The van der Waals surface area contributed by atoms with Crippen molar-refractivity contribution in [2.24, 2.45) is 23.7 Å². The van der Waals surface area contributed by atoms with E-state index in [0.717, 1.165) is 17.3 Å². The van der Waals surface area contributed by atoms with Crippen LogP contribution >= 0.6 is 0 Å². The first-order valence-electron chi connectivity index (χ1n) is 8.66. The summed E-state index contributed by atoms with van der Waals surface area (Å²) in [7, 11) is 0. The average Bonchev–Trinajstić information content (AvgIpc) is 3.29. The zero-order chi connectivity index (χ0) is 17.6. The number of carbonyl (C=O) groups is 2. The first-order valence-corrected chi connectivity index (χ1v) is 8.66. The van der Waals surface area contributed by atoms with Crippen LogP contribution in [-0.4, -0.2) is 32.8 Å². The average molecular weight is 339 g/mol. The molecule has 2 bridgehead atoms. The maximum atomic E-state index is 12.6. The molecule has 1 aromatic carbocycles. The predicted molar refractivity (Wildman–Crippen MR) is 92.7 cm³/mol. The monoisotopic (exact) mass is 339 g/mol. The fraction of sp³-hybridized carbons (Fsp3) is 0.421. The summed E-state index contributed by atoms with van der Waals surface area (Å²) < 4.78 is 1.83. The summed E-state index contributed by atoms with van der Waals surface area (Å²) in [4.78, 5) is 24.2. The summed E-state index contributed by atoms with van der Waals surface area (Å²) in [6.07, 6.45) is 6.63. The Kier molecular flexibility index (Phi) is 3.82. The Morgan fingerprint density at radius 3 is 2.88 bits per heavy atom. The van der Waals surface area contributed by atoms with Crippen LogP contribution in [0.25, 0.3) is 10.9 Å². The van der Waals surface area contributed by atoms with Crippen LogP contribution in [-0.2, 0) is 16.1 Å². The number of amides is 1. The normalized spacial score (nSPS) is 28.4. The molecule has 5 atom stereocenters. The molecule has 0 spiro atoms. The minimum absolute atomic E-state index is 0.0400. The van der Waals surface area contributed by atoms with E-state index < -0.39 is 11.9 Å². The molecule has 130 valence electrons. The number of rotatable bonds is 5. The van der Waals surface area contributed by atoms with E-state index in [1.54, 1.807) is 6.20 Å². The maximum Gasteiger partial charge on any atom is 0.309 e. The van der Waals surface area contributed by atoms with Crippen LogP contribution in [0.4, 0.5) is 0 Å². The van der Waals surface area contributed by atoms with Gasteiger partial charge in [-0.1, -0.05) is 37.3 Å². The number of hydrogen-bond acceptors (Lipinski definition) is 3. The lowest BCUT2D eigenvalue weighted by Gasteiger charge is -2.27. The highest BCUT2D eigenvalue weighted by atomic mass is 16.4. The van der Waals surface area contributed by atoms with Crippen molar-refractivity contribution >= 4 is 22.8 Å². The molecule has 1 amide bonds. The highest BCUT2D eigenvalue weighted by Crippen LogP contribution is 2.43. The third-order valence-electron chi connectivity index (χ3n) is 5.50. The van der Waals surface area contributed by atoms with Gasteiger partial charge in [-0.3, -0.25) is 14.3 Å². The van der Waals surface area contributed by atoms with Crippen molar-refractivity contribution in [3.05, 3.63) is 42.6 Å². The molecule has 1 heterocycles. The highest BCUT2D eigenvalue weighted by molar-refractivity contribution is 5.82. The number of allylic oxidation sites excluding steroid dienone is 1. The smallest absolute Gasteiger partial charge is 0.309 e. The van der Waals surface area contributed by atoms with Crippen LogP contribution in [0.1, 0.15) is 13.3 Å². The van der Waals surface area contributed by atoms with Crippen molar-refractivity contribution < 1.29 is 14.7 Å². The molecule has 4 rings (SSSR count). The van der Waals surface area contributed by atoms with E-state index in [1.807, 2.05) is 48.0 Å². The predicted octanol–water partition coefficient (Wildman–Crippen LogP) is 2.06. The fourth-order valence-electron chi connectivity index (χ4n) is 4.18. The molecule has 0 radical (unpaired) electrons. The van der Waals surface area contributed by atoms with E-state index in [9.17, 15) is 14.7 Å². The number of para-hydroxylation sites is 1. The van der Waals surface area contributed by atoms with Crippen molar-refractivity contribution in [1.29, 1.82) is 0 Å². The molecule has 0 saturated heterocycles. The van der Waals surface area contributed by atoms with Gasteiger partial charge in [-0.2, -0.15) is 5.10 Å². The van der Waals surface area contributed by atoms with E-state index >= 15 is 0 Å². The molecule has 6 heteroatoms. The topological polar surface area (TPSA) is 84.2 Å². The van der Waals surface area contributed by atoms with Crippen molar-refractivity contribution in [2.45, 2.75) is 25.9 Å². The van der Waals surface area contributed by atoms with Gasteiger partial charge >= 0.3 is 5.97 Å². The number of nitrogens with zero attached hydrogens (tertiary/aromatic N) is 2. The Bertz CT molecular complexity index is 856. The standard InChI is InChI=1S/C19H21N3O3/c1-11(10-22-15-5-3-2-4-14(15)9-20-22)18(23)21-17-13-7-6-12(8-13)16(17)19(24)25/h2-7,9,11-13,16-17H,8,10H2,1H3,(H,21,23)(H,24,25)/t11?,12-,13+,16+,17-/m0/s1. The third-order valence-corrected chi connectivity index (χ3v) is 5.50. The second-order valence-electron chi connectivity index (χ2n) is 7.13. The number of carboxylic acids is 1. The van der Waals surface area contributed by atoms with Gasteiger partial charge in [0.1, 0.15) is 0 Å². The molecule has 6 nitrogen and oxygen atoms in total. The van der Waals surface area contributed by atoms with Crippen LogP contribution in [0.5, 0.6) is 0 Å². The highest BCUT2D eigenvalue weighted by Gasteiger charge is 2.49. The lowest BCUT2D eigenvalue weighted by molar-refractivity contribution is -0.143. The number of hydrogen-bond donors (Lipinski definition) is 2. The van der Waals surface area contributed by atoms with Crippen LogP contribution in [0.3, 0.4) is 0 Å². The Hall–Kier alpha value is -2.63. The molecule has 25 heavy (non-hydrogen) atoms. The van der Waals surface area contributed by atoms with Crippen molar-refractivity contribution in [2.75, 3.05) is 0 Å². The second-order valence-corrected chi connectivity index (χ2v) is 7.13. The maximum absolute atomic E-state index is 12.6. The number of carbonyl (C=O) groups excluding carboxylic acids is 1. The van der Waals surface area contributed by atoms with Crippen LogP contribution in [0.2, 0.25) is 0 Å². The Labute approximate surface area is 145 Å². The van der Waals surface area contributed by atoms with Gasteiger partial charge < -0.3 is 10.4 Å². The molecular weight excluding hydrogens is 318 g/mol. The van der Waals surface area contributed by atoms with E-state index in [0.29, 0.717) is 6.54 Å². The summed E-state index contributed by atoms with van der Waals surface area (Å²) in [5, 5.41) is 17.9. The summed E-state index contributed by atoms with van der Waals surface area (Å²) in [5.41, 5.74) is 0.994. The van der Waals surface area contributed by atoms with Gasteiger partial charge in [-0.25, -0.2) is 0 Å². The fourth-order valence-corrected chi connectivity index (χ4v) is 4.18. The van der Waals surface area contributed by atoms with Gasteiger partial charge in [-0.15, -0.1) is 0 Å². The number of nitrogens with one attached hydrogen (secondary N) is 1. The second kappa shape index (κ2) is 6.02. The van der Waals surface area contributed by atoms with E-state index in [1.165, 1.54) is 0 Å². The minimum Gasteiger partial charge on any atom is -0.481 e. The van der Waals surface area contributed by atoms with E-state index in [2.05, 4.69) is 10.4 Å². The van der Waals surface area contributed by atoms with Gasteiger partial charge in [0.25, 0.3) is 0 Å². The third kappa shape index (κ3) is 2.71. The first-order chi connectivity index (χ1) is 12.0. The van der Waals surface area contributed by atoms with Gasteiger partial charge in [0.05, 0.1) is 30.1 Å². The van der Waals surface area contributed by atoms with Gasteiger partial charge in [0.15, 0.2) is 0 Å². The Morgan fingerprint density at radius 1 is 1.32 bits per heavy atom. The summed E-state index contributed by atoms with van der Waals surface area (Å²) in [6, 6.07) is 7.57. The SMILES string of the molecule is CC(Cn1ncc2ccccc21)C(=O)N[C@@H]1[C@H](C(=O)O)[C@H]2C=C[C@@H]1C2.